The van der Waals surface area contributed by atoms with Gasteiger partial charge in [-0.1, -0.05) is 62.3 Å². The largest absolute Gasteiger partial charge is 0.115 e. The Balaban J connectivity index is 1.59. The van der Waals surface area contributed by atoms with E-state index < -0.39 is 0 Å². The molecule has 2 saturated carbocycles. The SMILES string of the molecule is Cc1ccc(C2(C3CCC(C4CCCCC4)P3)CCCCC2)c(C)c1. The second-order valence-corrected chi connectivity index (χ2v) is 11.1. The monoisotopic (exact) mass is 356 g/mol. The first kappa shape index (κ1) is 18.0. The summed E-state index contributed by atoms with van der Waals surface area (Å²) in [5, 5.41) is 0. The highest BCUT2D eigenvalue weighted by Gasteiger charge is 2.46. The van der Waals surface area contributed by atoms with Crippen LogP contribution in [-0.2, 0) is 5.41 Å². The highest BCUT2D eigenvalue weighted by molar-refractivity contribution is 7.40. The molecule has 3 atom stereocenters. The quantitative estimate of drug-likeness (QED) is 0.499. The molecular weight excluding hydrogens is 319 g/mol. The van der Waals surface area contributed by atoms with Crippen LogP contribution in [-0.4, -0.2) is 11.3 Å². The van der Waals surface area contributed by atoms with E-state index in [0.717, 1.165) is 17.2 Å². The number of hydrogen-bond acceptors (Lipinski definition) is 0. The second-order valence-electron chi connectivity index (χ2n) is 9.34. The Morgan fingerprint density at radius 3 is 2.28 bits per heavy atom. The molecule has 0 N–H and O–H groups in total. The van der Waals surface area contributed by atoms with E-state index in [1.165, 1.54) is 71.9 Å². The molecule has 3 aliphatic rings. The van der Waals surface area contributed by atoms with E-state index in [4.69, 9.17) is 0 Å². The number of rotatable bonds is 3. The van der Waals surface area contributed by atoms with Crippen molar-refractivity contribution < 1.29 is 0 Å². The predicted molar refractivity (Wildman–Crippen MR) is 112 cm³/mol. The normalized spacial score (nSPS) is 31.4. The minimum atomic E-state index is 0.526. The van der Waals surface area contributed by atoms with Gasteiger partial charge < -0.3 is 0 Å². The fourth-order valence-corrected chi connectivity index (χ4v) is 9.03. The van der Waals surface area contributed by atoms with Crippen molar-refractivity contribution in [3.05, 3.63) is 34.9 Å². The van der Waals surface area contributed by atoms with Crippen LogP contribution in [0, 0.1) is 19.8 Å². The summed E-state index contributed by atoms with van der Waals surface area (Å²) >= 11 is 0. The molecule has 0 spiro atoms. The highest BCUT2D eigenvalue weighted by Crippen LogP contribution is 2.58. The molecule has 1 heteroatoms. The predicted octanol–water partition coefficient (Wildman–Crippen LogP) is 7.30. The smallest absolute Gasteiger partial charge is 0.00208 e. The molecule has 138 valence electrons. The summed E-state index contributed by atoms with van der Waals surface area (Å²) in [6.45, 7) is 4.64. The lowest BCUT2D eigenvalue weighted by atomic mass is 9.65. The Hall–Kier alpha value is -0.350. The van der Waals surface area contributed by atoms with E-state index in [9.17, 15) is 0 Å². The summed E-state index contributed by atoms with van der Waals surface area (Å²) in [5.74, 6) is 1.08. The maximum absolute atomic E-state index is 2.52. The lowest BCUT2D eigenvalue weighted by molar-refractivity contribution is 0.276. The highest BCUT2D eigenvalue weighted by atomic mass is 31.1. The van der Waals surface area contributed by atoms with Gasteiger partial charge in [-0.05, 0) is 80.7 Å². The van der Waals surface area contributed by atoms with Gasteiger partial charge in [-0.15, -0.1) is 8.58 Å². The van der Waals surface area contributed by atoms with Gasteiger partial charge >= 0.3 is 0 Å². The molecule has 1 aliphatic heterocycles. The lowest BCUT2D eigenvalue weighted by Crippen LogP contribution is -2.38. The third-order valence-electron chi connectivity index (χ3n) is 7.73. The van der Waals surface area contributed by atoms with E-state index in [1.807, 2.05) is 0 Å². The summed E-state index contributed by atoms with van der Waals surface area (Å²) < 4.78 is 0. The zero-order valence-corrected chi connectivity index (χ0v) is 17.4. The van der Waals surface area contributed by atoms with Gasteiger partial charge in [0.25, 0.3) is 0 Å². The van der Waals surface area contributed by atoms with Gasteiger partial charge in [0.15, 0.2) is 0 Å². The van der Waals surface area contributed by atoms with Gasteiger partial charge in [0, 0.05) is 5.41 Å². The van der Waals surface area contributed by atoms with Crippen molar-refractivity contribution in [3.8, 4) is 0 Å². The molecule has 1 aromatic carbocycles. The first-order chi connectivity index (χ1) is 12.2. The van der Waals surface area contributed by atoms with Gasteiger partial charge in [0.05, 0.1) is 0 Å². The van der Waals surface area contributed by atoms with Crippen molar-refractivity contribution in [1.82, 2.24) is 0 Å². The number of aryl methyl sites for hydroxylation is 2. The van der Waals surface area contributed by atoms with Gasteiger partial charge in [-0.3, -0.25) is 0 Å². The molecule has 3 fully saturated rings. The summed E-state index contributed by atoms with van der Waals surface area (Å²) in [6.07, 6.45) is 18.0. The average molecular weight is 357 g/mol. The topological polar surface area (TPSA) is 0 Å². The van der Waals surface area contributed by atoms with Crippen molar-refractivity contribution in [3.63, 3.8) is 0 Å². The molecule has 3 unspecified atom stereocenters. The van der Waals surface area contributed by atoms with Crippen LogP contribution in [0.25, 0.3) is 0 Å². The first-order valence-electron chi connectivity index (χ1n) is 11.0. The number of hydrogen-bond donors (Lipinski definition) is 0. The van der Waals surface area contributed by atoms with Crippen LogP contribution in [0.3, 0.4) is 0 Å². The minimum absolute atomic E-state index is 0.526. The molecule has 0 radical (unpaired) electrons. The van der Waals surface area contributed by atoms with Crippen LogP contribution in [0.4, 0.5) is 0 Å². The average Bonchev–Trinajstić information content (AvgIpc) is 3.14. The van der Waals surface area contributed by atoms with Gasteiger partial charge in [-0.2, -0.15) is 0 Å². The van der Waals surface area contributed by atoms with Crippen molar-refractivity contribution in [2.45, 2.75) is 108 Å². The fraction of sp³-hybridized carbons (Fsp3) is 0.750. The third kappa shape index (κ3) is 3.58. The van der Waals surface area contributed by atoms with Gasteiger partial charge in [0.1, 0.15) is 0 Å². The van der Waals surface area contributed by atoms with Crippen molar-refractivity contribution in [2.75, 3.05) is 0 Å². The second kappa shape index (κ2) is 7.72. The Morgan fingerprint density at radius 2 is 1.56 bits per heavy atom. The molecule has 1 aromatic rings. The van der Waals surface area contributed by atoms with Gasteiger partial charge in [-0.25, -0.2) is 0 Å². The van der Waals surface area contributed by atoms with E-state index in [-0.39, 0.29) is 0 Å². The molecule has 1 saturated heterocycles. The van der Waals surface area contributed by atoms with Gasteiger partial charge in [0.2, 0.25) is 0 Å². The van der Waals surface area contributed by atoms with E-state index in [0.29, 0.717) is 5.41 Å². The molecule has 0 amide bonds. The zero-order valence-electron chi connectivity index (χ0n) is 16.4. The molecule has 4 rings (SSSR count). The molecule has 0 nitrogen and oxygen atoms in total. The summed E-state index contributed by atoms with van der Waals surface area (Å²) in [6, 6.07) is 7.35. The minimum Gasteiger partial charge on any atom is -0.115 e. The van der Waals surface area contributed by atoms with E-state index >= 15 is 0 Å². The Labute approximate surface area is 157 Å². The standard InChI is InChI=1S/C24H37P/c1-18-11-12-21(19(2)17-18)24(15-7-4-8-16-24)23-14-13-22(25-23)20-9-5-3-6-10-20/h11-12,17,20,22-23,25H,3-10,13-16H2,1-2H3. The fourth-order valence-electron chi connectivity index (χ4n) is 6.48. The third-order valence-corrected chi connectivity index (χ3v) is 10.2. The molecule has 1 heterocycles. The van der Waals surface area contributed by atoms with Crippen molar-refractivity contribution in [2.24, 2.45) is 5.92 Å². The van der Waals surface area contributed by atoms with Crippen LogP contribution in [0.5, 0.6) is 0 Å². The molecule has 0 aromatic heterocycles. The number of benzene rings is 1. The molecule has 25 heavy (non-hydrogen) atoms. The Kier molecular flexibility index (Phi) is 5.57. The Bertz CT molecular complexity index is 578. The molecule has 2 aliphatic carbocycles. The Morgan fingerprint density at radius 1 is 0.840 bits per heavy atom. The van der Waals surface area contributed by atoms with Crippen LogP contribution in [0.15, 0.2) is 18.2 Å². The lowest BCUT2D eigenvalue weighted by Gasteiger charge is -2.44. The van der Waals surface area contributed by atoms with E-state index in [1.54, 1.807) is 30.4 Å². The maximum Gasteiger partial charge on any atom is 0.00208 e. The summed E-state index contributed by atoms with van der Waals surface area (Å²) in [7, 11) is 1.24. The molecule has 0 bridgehead atoms. The van der Waals surface area contributed by atoms with Crippen molar-refractivity contribution >= 4 is 8.58 Å². The van der Waals surface area contributed by atoms with Crippen LogP contribution < -0.4 is 0 Å². The zero-order chi connectivity index (χ0) is 17.3. The van der Waals surface area contributed by atoms with Crippen molar-refractivity contribution in [1.29, 1.82) is 0 Å². The van der Waals surface area contributed by atoms with E-state index in [2.05, 4.69) is 32.0 Å². The first-order valence-corrected chi connectivity index (χ1v) is 12.2. The summed E-state index contributed by atoms with van der Waals surface area (Å²) in [5.41, 5.74) is 7.34. The molecular formula is C24H37P. The maximum atomic E-state index is 2.52. The van der Waals surface area contributed by atoms with Crippen LogP contribution in [0.1, 0.15) is 93.7 Å². The summed E-state index contributed by atoms with van der Waals surface area (Å²) in [4.78, 5) is 0. The van der Waals surface area contributed by atoms with Crippen LogP contribution >= 0.6 is 8.58 Å². The van der Waals surface area contributed by atoms with Crippen LogP contribution in [0.2, 0.25) is 0 Å².